The van der Waals surface area contributed by atoms with Gasteiger partial charge in [0, 0.05) is 49.7 Å². The van der Waals surface area contributed by atoms with Crippen LogP contribution in [0.25, 0.3) is 0 Å². The predicted octanol–water partition coefficient (Wildman–Crippen LogP) is 6.61. The van der Waals surface area contributed by atoms with E-state index in [1.165, 1.54) is 38.5 Å². The quantitative estimate of drug-likeness (QED) is 0.129. The Kier molecular flexibility index (Phi) is 10.6. The number of aromatic nitrogens is 2. The number of piperazine rings is 1. The highest BCUT2D eigenvalue weighted by Crippen LogP contribution is 2.36. The van der Waals surface area contributed by atoms with Gasteiger partial charge in [-0.05, 0) is 67.5 Å². The summed E-state index contributed by atoms with van der Waals surface area (Å²) in [7, 11) is 3.06. The van der Waals surface area contributed by atoms with E-state index < -0.39 is 0 Å². The van der Waals surface area contributed by atoms with Gasteiger partial charge >= 0.3 is 0 Å². The van der Waals surface area contributed by atoms with Crippen molar-refractivity contribution in [2.45, 2.75) is 19.9 Å². The lowest BCUT2D eigenvalue weighted by molar-refractivity contribution is 0.150. The van der Waals surface area contributed by atoms with E-state index in [2.05, 4.69) is 30.4 Å². The molecule has 46 heavy (non-hydrogen) atoms. The van der Waals surface area contributed by atoms with Gasteiger partial charge in [0.05, 0.1) is 31.0 Å². The largest absolute Gasteiger partial charge is 0.495 e. The number of ether oxygens (including phenoxy) is 2. The number of aryl methyl sites for hydroxylation is 2. The second kappa shape index (κ2) is 14.8. The summed E-state index contributed by atoms with van der Waals surface area (Å²) in [6, 6.07) is 17.9. The molecular weight excluding hydrogens is 632 g/mol. The van der Waals surface area contributed by atoms with Crippen LogP contribution in [0, 0.1) is 25.5 Å². The van der Waals surface area contributed by atoms with Crippen molar-refractivity contribution in [1.82, 2.24) is 19.8 Å². The second-order valence-corrected chi connectivity index (χ2v) is 11.5. The van der Waals surface area contributed by atoms with Gasteiger partial charge in [0.25, 0.3) is 0 Å². The normalized spacial score (nSPS) is 13.9. The number of guanidine groups is 1. The monoisotopic (exact) mass is 665 g/mol. The Morgan fingerprint density at radius 2 is 1.37 bits per heavy atom. The summed E-state index contributed by atoms with van der Waals surface area (Å²) in [6.07, 6.45) is 0. The van der Waals surface area contributed by atoms with Crippen molar-refractivity contribution < 1.29 is 18.3 Å². The number of rotatable bonds is 7. The number of methoxy groups -OCH3 is 2. The Hall–Kier alpha value is -4.39. The summed E-state index contributed by atoms with van der Waals surface area (Å²) in [4.78, 5) is 18.2. The van der Waals surface area contributed by atoms with Gasteiger partial charge in [-0.1, -0.05) is 35.9 Å². The van der Waals surface area contributed by atoms with Gasteiger partial charge in [0.15, 0.2) is 0 Å². The second-order valence-electron chi connectivity index (χ2n) is 10.7. The van der Waals surface area contributed by atoms with E-state index >= 15 is 0 Å². The van der Waals surface area contributed by atoms with E-state index in [1.807, 2.05) is 19.9 Å². The molecule has 0 atom stereocenters. The SMILES string of the molecule is COc1cc(NC(=S)/N=C(/Nc2nc(C)cc(C)n2)N2CCN(C(c3ccc(F)cc3)c3ccc(F)cc3)CC2)c(OC)cc1Cl. The van der Waals surface area contributed by atoms with Crippen molar-refractivity contribution in [3.8, 4) is 11.5 Å². The Morgan fingerprint density at radius 3 is 1.89 bits per heavy atom. The Bertz CT molecular complexity index is 1650. The lowest BCUT2D eigenvalue weighted by atomic mass is 9.96. The van der Waals surface area contributed by atoms with Crippen LogP contribution in [-0.2, 0) is 0 Å². The number of hydrogen-bond donors (Lipinski definition) is 2. The maximum atomic E-state index is 13.8. The van der Waals surface area contributed by atoms with E-state index in [0.717, 1.165) is 22.5 Å². The van der Waals surface area contributed by atoms with Crippen molar-refractivity contribution in [3.63, 3.8) is 0 Å². The molecule has 1 fully saturated rings. The number of aliphatic imine (C=N–C) groups is 1. The number of thiocarbonyl (C=S) groups is 1. The fraction of sp³-hybridized carbons (Fsp3) is 0.273. The summed E-state index contributed by atoms with van der Waals surface area (Å²) >= 11 is 12.0. The van der Waals surface area contributed by atoms with Crippen molar-refractivity contribution in [3.05, 3.63) is 106 Å². The van der Waals surface area contributed by atoms with E-state index in [1.54, 1.807) is 36.4 Å². The molecule has 9 nitrogen and oxygen atoms in total. The third-order valence-corrected chi connectivity index (χ3v) is 7.97. The predicted molar refractivity (Wildman–Crippen MR) is 181 cm³/mol. The maximum absolute atomic E-state index is 13.8. The minimum atomic E-state index is -0.314. The van der Waals surface area contributed by atoms with Gasteiger partial charge in [0.2, 0.25) is 17.0 Å². The zero-order valence-electron chi connectivity index (χ0n) is 25.9. The third-order valence-electron chi connectivity index (χ3n) is 7.48. The van der Waals surface area contributed by atoms with Crippen molar-refractivity contribution in [2.75, 3.05) is 51.0 Å². The van der Waals surface area contributed by atoms with E-state index in [9.17, 15) is 8.78 Å². The number of nitrogens with one attached hydrogen (secondary N) is 2. The molecule has 0 saturated carbocycles. The number of hydrogen-bond acceptors (Lipinski definition) is 6. The molecule has 1 aliphatic heterocycles. The van der Waals surface area contributed by atoms with Crippen LogP contribution in [0.2, 0.25) is 5.02 Å². The molecular formula is C33H34ClF2N7O2S. The highest BCUT2D eigenvalue weighted by Gasteiger charge is 2.28. The van der Waals surface area contributed by atoms with Crippen LogP contribution in [-0.4, -0.2) is 71.2 Å². The van der Waals surface area contributed by atoms with Crippen LogP contribution < -0.4 is 20.1 Å². The zero-order chi connectivity index (χ0) is 32.8. The van der Waals surface area contributed by atoms with E-state index in [0.29, 0.717) is 60.3 Å². The summed E-state index contributed by atoms with van der Waals surface area (Å²) in [6.45, 7) is 6.17. The van der Waals surface area contributed by atoms with E-state index in [4.69, 9.17) is 38.3 Å². The first-order valence-corrected chi connectivity index (χ1v) is 15.3. The van der Waals surface area contributed by atoms with Crippen LogP contribution in [0.1, 0.15) is 28.6 Å². The highest BCUT2D eigenvalue weighted by atomic mass is 35.5. The van der Waals surface area contributed by atoms with Gasteiger partial charge in [-0.3, -0.25) is 10.2 Å². The lowest BCUT2D eigenvalue weighted by Gasteiger charge is -2.40. The highest BCUT2D eigenvalue weighted by molar-refractivity contribution is 7.80. The molecule has 3 aromatic carbocycles. The number of nitrogens with zero attached hydrogens (tertiary/aromatic N) is 5. The summed E-state index contributed by atoms with van der Waals surface area (Å²) < 4.78 is 38.5. The lowest BCUT2D eigenvalue weighted by Crippen LogP contribution is -2.52. The topological polar surface area (TPSA) is 87.1 Å². The average Bonchev–Trinajstić information content (AvgIpc) is 3.03. The molecule has 0 aliphatic carbocycles. The van der Waals surface area contributed by atoms with Gasteiger partial charge in [-0.15, -0.1) is 0 Å². The molecule has 1 aliphatic rings. The van der Waals surface area contributed by atoms with Gasteiger partial charge in [-0.2, -0.15) is 4.99 Å². The first kappa shape index (κ1) is 33.0. The fourth-order valence-corrected chi connectivity index (χ4v) is 5.78. The summed E-state index contributed by atoms with van der Waals surface area (Å²) in [5, 5.41) is 6.95. The molecule has 1 aromatic heterocycles. The molecule has 13 heteroatoms. The standard InChI is InChI=1S/C33H34ClF2N7O2S/c1-20-17-21(2)38-31(37-20)40-32(41-33(46)39-27-19-28(44-3)26(34)18-29(27)45-4)43-15-13-42(14-16-43)30(22-5-9-24(35)10-6-22)23-7-11-25(36)12-8-23/h5-12,17-19,30H,13-16H2,1-4H3,(H2,37,38,39,40,41,46). The molecule has 2 N–H and O–H groups in total. The number of benzene rings is 3. The van der Waals surface area contributed by atoms with Crippen LogP contribution in [0.4, 0.5) is 20.4 Å². The zero-order valence-corrected chi connectivity index (χ0v) is 27.4. The smallest absolute Gasteiger partial charge is 0.229 e. The Labute approximate surface area is 277 Å². The first-order chi connectivity index (χ1) is 22.1. The summed E-state index contributed by atoms with van der Waals surface area (Å²) in [5.41, 5.74) is 3.97. The van der Waals surface area contributed by atoms with E-state index in [-0.39, 0.29) is 22.8 Å². The maximum Gasteiger partial charge on any atom is 0.229 e. The van der Waals surface area contributed by atoms with Crippen molar-refractivity contribution in [1.29, 1.82) is 0 Å². The van der Waals surface area contributed by atoms with Crippen molar-refractivity contribution in [2.24, 2.45) is 4.99 Å². The molecule has 2 heterocycles. The molecule has 5 rings (SSSR count). The average molecular weight is 666 g/mol. The van der Waals surface area contributed by atoms with Crippen LogP contribution in [0.5, 0.6) is 11.5 Å². The minimum absolute atomic E-state index is 0.160. The molecule has 0 unspecified atom stereocenters. The minimum Gasteiger partial charge on any atom is -0.495 e. The van der Waals surface area contributed by atoms with Crippen molar-refractivity contribution >= 4 is 46.5 Å². The van der Waals surface area contributed by atoms with Crippen LogP contribution >= 0.6 is 23.8 Å². The van der Waals surface area contributed by atoms with Crippen LogP contribution in [0.3, 0.4) is 0 Å². The number of anilines is 2. The molecule has 0 bridgehead atoms. The fourth-order valence-electron chi connectivity index (χ4n) is 5.35. The van der Waals surface area contributed by atoms with Gasteiger partial charge in [0.1, 0.15) is 23.1 Å². The molecule has 240 valence electrons. The first-order valence-electron chi connectivity index (χ1n) is 14.5. The molecule has 0 spiro atoms. The number of halogens is 3. The third kappa shape index (κ3) is 8.06. The molecule has 4 aromatic rings. The Balaban J connectivity index is 1.41. The van der Waals surface area contributed by atoms with Gasteiger partial charge < -0.3 is 19.7 Å². The Morgan fingerprint density at radius 1 is 0.826 bits per heavy atom. The molecule has 0 radical (unpaired) electrons. The summed E-state index contributed by atoms with van der Waals surface area (Å²) in [5.74, 6) is 1.14. The van der Waals surface area contributed by atoms with Crippen LogP contribution in [0.15, 0.2) is 71.7 Å². The molecule has 0 amide bonds. The molecule has 1 saturated heterocycles. The van der Waals surface area contributed by atoms with Gasteiger partial charge in [-0.25, -0.2) is 18.7 Å².